The Bertz CT molecular complexity index is 411. The van der Waals surface area contributed by atoms with Gasteiger partial charge in [0.05, 0.1) is 11.2 Å². The fourth-order valence-corrected chi connectivity index (χ4v) is 1.57. The monoisotopic (exact) mass is 224 g/mol. The fourth-order valence-electron chi connectivity index (χ4n) is 1.57. The summed E-state index contributed by atoms with van der Waals surface area (Å²) in [6.07, 6.45) is 0. The average Bonchev–Trinajstić information content (AvgIpc) is 2.46. The molecule has 16 heavy (non-hydrogen) atoms. The van der Waals surface area contributed by atoms with E-state index < -0.39 is 11.4 Å². The number of aliphatic carboxylic acids is 1. The SMILES string of the molecule is Cc1cc(C(C)(C)C(=O)O)nn1C(C)(C)C. The van der Waals surface area contributed by atoms with E-state index in [0.717, 1.165) is 5.69 Å². The first-order chi connectivity index (χ1) is 7.06. The van der Waals surface area contributed by atoms with Crippen LogP contribution < -0.4 is 0 Å². The topological polar surface area (TPSA) is 55.1 Å². The van der Waals surface area contributed by atoms with Gasteiger partial charge in [-0.3, -0.25) is 9.48 Å². The van der Waals surface area contributed by atoms with Crippen LogP contribution in [0.5, 0.6) is 0 Å². The van der Waals surface area contributed by atoms with Gasteiger partial charge in [-0.1, -0.05) is 0 Å². The Kier molecular flexibility index (Phi) is 2.88. The number of carboxylic acid groups (broad SMARTS) is 1. The van der Waals surface area contributed by atoms with Crippen LogP contribution in [0.4, 0.5) is 0 Å². The number of hydrogen-bond donors (Lipinski definition) is 1. The normalized spacial score (nSPS) is 12.9. The van der Waals surface area contributed by atoms with Gasteiger partial charge in [0.15, 0.2) is 0 Å². The van der Waals surface area contributed by atoms with Crippen LogP contribution in [0, 0.1) is 6.92 Å². The van der Waals surface area contributed by atoms with Crippen LogP contribution in [0.1, 0.15) is 46.0 Å². The fraction of sp³-hybridized carbons (Fsp3) is 0.667. The third-order valence-electron chi connectivity index (χ3n) is 2.70. The molecule has 1 rings (SSSR count). The Morgan fingerprint density at radius 1 is 1.31 bits per heavy atom. The van der Waals surface area contributed by atoms with Crippen LogP contribution in [-0.4, -0.2) is 20.9 Å². The summed E-state index contributed by atoms with van der Waals surface area (Å²) in [6, 6.07) is 1.85. The predicted molar refractivity (Wildman–Crippen MR) is 62.6 cm³/mol. The van der Waals surface area contributed by atoms with Crippen LogP contribution in [0.3, 0.4) is 0 Å². The van der Waals surface area contributed by atoms with Crippen molar-refractivity contribution in [2.45, 2.75) is 52.5 Å². The lowest BCUT2D eigenvalue weighted by Crippen LogP contribution is -2.30. The molecule has 0 saturated carbocycles. The van der Waals surface area contributed by atoms with E-state index in [0.29, 0.717) is 5.69 Å². The quantitative estimate of drug-likeness (QED) is 0.838. The molecule has 1 aromatic rings. The summed E-state index contributed by atoms with van der Waals surface area (Å²) < 4.78 is 1.87. The minimum Gasteiger partial charge on any atom is -0.481 e. The van der Waals surface area contributed by atoms with Gasteiger partial charge < -0.3 is 5.11 Å². The Morgan fingerprint density at radius 3 is 2.12 bits per heavy atom. The second-order valence-corrected chi connectivity index (χ2v) is 5.68. The van der Waals surface area contributed by atoms with Crippen LogP contribution in [0.15, 0.2) is 6.07 Å². The molecule has 0 radical (unpaired) electrons. The Morgan fingerprint density at radius 2 is 1.81 bits per heavy atom. The molecule has 0 aliphatic heterocycles. The molecule has 1 heterocycles. The van der Waals surface area contributed by atoms with Crippen molar-refractivity contribution in [2.75, 3.05) is 0 Å². The van der Waals surface area contributed by atoms with Crippen molar-refractivity contribution in [3.8, 4) is 0 Å². The highest BCUT2D eigenvalue weighted by Crippen LogP contribution is 2.25. The summed E-state index contributed by atoms with van der Waals surface area (Å²) >= 11 is 0. The van der Waals surface area contributed by atoms with Gasteiger partial charge in [0.25, 0.3) is 0 Å². The first-order valence-electron chi connectivity index (χ1n) is 5.38. The van der Waals surface area contributed by atoms with Gasteiger partial charge in [0.2, 0.25) is 0 Å². The molecule has 90 valence electrons. The highest BCUT2D eigenvalue weighted by Gasteiger charge is 2.33. The summed E-state index contributed by atoms with van der Waals surface area (Å²) in [5, 5.41) is 13.6. The minimum atomic E-state index is -0.943. The standard InChI is InChI=1S/C12H20N2O2/c1-8-7-9(12(5,6)10(15)16)13-14(8)11(2,3)4/h7H,1-6H3,(H,15,16). The van der Waals surface area contributed by atoms with Gasteiger partial charge in [0.1, 0.15) is 5.41 Å². The molecule has 1 aromatic heterocycles. The molecule has 0 atom stereocenters. The van der Waals surface area contributed by atoms with E-state index in [9.17, 15) is 4.79 Å². The third kappa shape index (κ3) is 2.10. The summed E-state index contributed by atoms with van der Waals surface area (Å²) in [4.78, 5) is 11.1. The molecular formula is C12H20N2O2. The summed E-state index contributed by atoms with van der Waals surface area (Å²) in [5.74, 6) is -0.856. The van der Waals surface area contributed by atoms with Gasteiger partial charge in [-0.25, -0.2) is 0 Å². The van der Waals surface area contributed by atoms with Crippen molar-refractivity contribution in [1.82, 2.24) is 9.78 Å². The van der Waals surface area contributed by atoms with E-state index in [1.54, 1.807) is 13.8 Å². The number of hydrogen-bond acceptors (Lipinski definition) is 2. The molecule has 0 amide bonds. The molecule has 0 saturated heterocycles. The lowest BCUT2D eigenvalue weighted by Gasteiger charge is -2.22. The molecule has 1 N–H and O–H groups in total. The maximum absolute atomic E-state index is 11.1. The van der Waals surface area contributed by atoms with Crippen molar-refractivity contribution in [3.63, 3.8) is 0 Å². The second-order valence-electron chi connectivity index (χ2n) is 5.68. The van der Waals surface area contributed by atoms with Crippen molar-refractivity contribution in [3.05, 3.63) is 17.5 Å². The van der Waals surface area contributed by atoms with Gasteiger partial charge in [-0.05, 0) is 47.6 Å². The van der Waals surface area contributed by atoms with E-state index in [1.807, 2.05) is 38.4 Å². The lowest BCUT2D eigenvalue weighted by molar-refractivity contribution is -0.142. The zero-order valence-corrected chi connectivity index (χ0v) is 10.8. The zero-order valence-electron chi connectivity index (χ0n) is 10.8. The molecule has 0 aliphatic rings. The van der Waals surface area contributed by atoms with E-state index in [4.69, 9.17) is 5.11 Å². The molecule has 0 aliphatic carbocycles. The second kappa shape index (κ2) is 3.61. The Hall–Kier alpha value is -1.32. The Labute approximate surface area is 96.3 Å². The smallest absolute Gasteiger partial charge is 0.315 e. The van der Waals surface area contributed by atoms with E-state index >= 15 is 0 Å². The minimum absolute atomic E-state index is 0.128. The molecule has 4 nitrogen and oxygen atoms in total. The number of carbonyl (C=O) groups is 1. The summed E-state index contributed by atoms with van der Waals surface area (Å²) in [7, 11) is 0. The average molecular weight is 224 g/mol. The summed E-state index contributed by atoms with van der Waals surface area (Å²) in [5.41, 5.74) is 0.516. The van der Waals surface area contributed by atoms with E-state index in [-0.39, 0.29) is 5.54 Å². The highest BCUT2D eigenvalue weighted by molar-refractivity contribution is 5.79. The van der Waals surface area contributed by atoms with E-state index in [2.05, 4.69) is 5.10 Å². The highest BCUT2D eigenvalue weighted by atomic mass is 16.4. The van der Waals surface area contributed by atoms with Crippen LogP contribution in [0.2, 0.25) is 0 Å². The maximum Gasteiger partial charge on any atom is 0.315 e. The molecule has 4 heteroatoms. The van der Waals surface area contributed by atoms with Crippen LogP contribution in [-0.2, 0) is 15.7 Å². The predicted octanol–water partition coefficient (Wildman–Crippen LogP) is 2.31. The van der Waals surface area contributed by atoms with Crippen molar-refractivity contribution in [2.24, 2.45) is 0 Å². The van der Waals surface area contributed by atoms with Gasteiger partial charge >= 0.3 is 5.97 Å². The van der Waals surface area contributed by atoms with Gasteiger partial charge in [-0.2, -0.15) is 5.10 Å². The number of aryl methyl sites for hydroxylation is 1. The molecule has 0 spiro atoms. The van der Waals surface area contributed by atoms with Crippen LogP contribution in [0.25, 0.3) is 0 Å². The molecule has 0 unspecified atom stereocenters. The maximum atomic E-state index is 11.1. The zero-order chi connectivity index (χ0) is 12.7. The first-order valence-corrected chi connectivity index (χ1v) is 5.38. The molecular weight excluding hydrogens is 204 g/mol. The lowest BCUT2D eigenvalue weighted by atomic mass is 9.89. The van der Waals surface area contributed by atoms with Crippen LogP contribution >= 0.6 is 0 Å². The number of rotatable bonds is 2. The van der Waals surface area contributed by atoms with Gasteiger partial charge in [0, 0.05) is 5.69 Å². The number of nitrogens with zero attached hydrogens (tertiary/aromatic N) is 2. The summed E-state index contributed by atoms with van der Waals surface area (Å²) in [6.45, 7) is 11.4. The van der Waals surface area contributed by atoms with Crippen molar-refractivity contribution < 1.29 is 9.90 Å². The van der Waals surface area contributed by atoms with E-state index in [1.165, 1.54) is 0 Å². The third-order valence-corrected chi connectivity index (χ3v) is 2.70. The molecule has 0 aromatic carbocycles. The Balaban J connectivity index is 3.26. The number of carboxylic acids is 1. The van der Waals surface area contributed by atoms with Crippen molar-refractivity contribution in [1.29, 1.82) is 0 Å². The molecule has 0 bridgehead atoms. The van der Waals surface area contributed by atoms with Gasteiger partial charge in [-0.15, -0.1) is 0 Å². The largest absolute Gasteiger partial charge is 0.481 e. The molecule has 0 fully saturated rings. The number of aromatic nitrogens is 2. The van der Waals surface area contributed by atoms with Crippen molar-refractivity contribution >= 4 is 5.97 Å². The first kappa shape index (κ1) is 12.7.